The zero-order chi connectivity index (χ0) is 20.8. The van der Waals surface area contributed by atoms with Crippen molar-refractivity contribution in [3.63, 3.8) is 0 Å². The van der Waals surface area contributed by atoms with E-state index in [-0.39, 0.29) is 17.2 Å². The SMILES string of the molecule is O=C(CSc1ccc(NC(=O)c2ccccc2F)cc1)Nc1cc(Cl)ccc1Cl. The minimum absolute atomic E-state index is 0.0256. The van der Waals surface area contributed by atoms with Crippen LogP contribution in [-0.4, -0.2) is 17.6 Å². The van der Waals surface area contributed by atoms with Gasteiger partial charge in [0.05, 0.1) is 22.0 Å². The van der Waals surface area contributed by atoms with Gasteiger partial charge in [-0.25, -0.2) is 4.39 Å². The van der Waals surface area contributed by atoms with Crippen LogP contribution in [-0.2, 0) is 4.79 Å². The first-order chi connectivity index (χ1) is 13.9. The number of benzene rings is 3. The van der Waals surface area contributed by atoms with Gasteiger partial charge in [-0.05, 0) is 54.6 Å². The molecule has 148 valence electrons. The number of thioether (sulfide) groups is 1. The van der Waals surface area contributed by atoms with Gasteiger partial charge in [0.2, 0.25) is 5.91 Å². The Hall–Kier alpha value is -2.54. The zero-order valence-corrected chi connectivity index (χ0v) is 17.2. The van der Waals surface area contributed by atoms with Crippen LogP contribution < -0.4 is 10.6 Å². The number of hydrogen-bond acceptors (Lipinski definition) is 3. The highest BCUT2D eigenvalue weighted by molar-refractivity contribution is 8.00. The van der Waals surface area contributed by atoms with Crippen molar-refractivity contribution in [2.45, 2.75) is 4.90 Å². The standard InChI is InChI=1S/C21H15Cl2FN2O2S/c22-13-5-10-17(23)19(11-13)26-20(27)12-29-15-8-6-14(7-9-15)25-21(28)16-3-1-2-4-18(16)24/h1-11H,12H2,(H,25,28)(H,26,27). The van der Waals surface area contributed by atoms with Crippen LogP contribution in [0.15, 0.2) is 71.6 Å². The molecule has 0 aromatic heterocycles. The second kappa shape index (κ2) is 9.78. The molecule has 0 aliphatic heterocycles. The van der Waals surface area contributed by atoms with Crippen LogP contribution >= 0.6 is 35.0 Å². The normalized spacial score (nSPS) is 10.4. The van der Waals surface area contributed by atoms with E-state index in [0.717, 1.165) is 4.90 Å². The van der Waals surface area contributed by atoms with Gasteiger partial charge in [0.15, 0.2) is 0 Å². The van der Waals surface area contributed by atoms with E-state index in [2.05, 4.69) is 10.6 Å². The van der Waals surface area contributed by atoms with Gasteiger partial charge in [-0.2, -0.15) is 0 Å². The molecule has 0 aliphatic carbocycles. The van der Waals surface area contributed by atoms with E-state index in [9.17, 15) is 14.0 Å². The first-order valence-corrected chi connectivity index (χ1v) is 10.2. The third-order valence-electron chi connectivity index (χ3n) is 3.80. The lowest BCUT2D eigenvalue weighted by molar-refractivity contribution is -0.113. The van der Waals surface area contributed by atoms with E-state index >= 15 is 0 Å². The molecular weight excluding hydrogens is 434 g/mol. The molecular formula is C21H15Cl2FN2O2S. The fourth-order valence-corrected chi connectivity index (χ4v) is 3.44. The summed E-state index contributed by atoms with van der Waals surface area (Å²) in [5, 5.41) is 6.24. The molecule has 0 radical (unpaired) electrons. The maximum atomic E-state index is 13.7. The number of anilines is 2. The summed E-state index contributed by atoms with van der Waals surface area (Å²) in [6.07, 6.45) is 0. The topological polar surface area (TPSA) is 58.2 Å². The van der Waals surface area contributed by atoms with Crippen molar-refractivity contribution in [3.05, 3.63) is 88.2 Å². The highest BCUT2D eigenvalue weighted by Gasteiger charge is 2.11. The molecule has 0 aliphatic rings. The lowest BCUT2D eigenvalue weighted by Gasteiger charge is -2.09. The minimum Gasteiger partial charge on any atom is -0.324 e. The van der Waals surface area contributed by atoms with Crippen LogP contribution in [0.3, 0.4) is 0 Å². The maximum Gasteiger partial charge on any atom is 0.258 e. The lowest BCUT2D eigenvalue weighted by Crippen LogP contribution is -2.14. The molecule has 3 aromatic carbocycles. The first kappa shape index (κ1) is 21.2. The highest BCUT2D eigenvalue weighted by Crippen LogP contribution is 2.26. The van der Waals surface area contributed by atoms with Crippen LogP contribution in [0.25, 0.3) is 0 Å². The summed E-state index contributed by atoms with van der Waals surface area (Å²) in [5.41, 5.74) is 0.955. The second-order valence-electron chi connectivity index (χ2n) is 5.92. The third-order valence-corrected chi connectivity index (χ3v) is 5.38. The van der Waals surface area contributed by atoms with Crippen molar-refractivity contribution in [2.24, 2.45) is 0 Å². The smallest absolute Gasteiger partial charge is 0.258 e. The molecule has 0 heterocycles. The molecule has 2 N–H and O–H groups in total. The molecule has 0 atom stereocenters. The fraction of sp³-hybridized carbons (Fsp3) is 0.0476. The van der Waals surface area contributed by atoms with Crippen molar-refractivity contribution in [1.82, 2.24) is 0 Å². The largest absolute Gasteiger partial charge is 0.324 e. The number of rotatable bonds is 6. The van der Waals surface area contributed by atoms with E-state index < -0.39 is 11.7 Å². The van der Waals surface area contributed by atoms with Crippen molar-refractivity contribution >= 4 is 58.2 Å². The Kier molecular flexibility index (Phi) is 7.14. The predicted molar refractivity (Wildman–Crippen MR) is 117 cm³/mol. The first-order valence-electron chi connectivity index (χ1n) is 8.46. The Morgan fingerprint density at radius 2 is 1.66 bits per heavy atom. The van der Waals surface area contributed by atoms with Crippen LogP contribution in [0.2, 0.25) is 10.0 Å². The molecule has 0 spiro atoms. The number of halogens is 3. The van der Waals surface area contributed by atoms with Gasteiger partial charge in [-0.3, -0.25) is 9.59 Å². The Morgan fingerprint density at radius 1 is 0.931 bits per heavy atom. The molecule has 0 fully saturated rings. The van der Waals surface area contributed by atoms with E-state index in [4.69, 9.17) is 23.2 Å². The average Bonchev–Trinajstić information content (AvgIpc) is 2.70. The van der Waals surface area contributed by atoms with Crippen molar-refractivity contribution < 1.29 is 14.0 Å². The van der Waals surface area contributed by atoms with Crippen LogP contribution in [0, 0.1) is 5.82 Å². The summed E-state index contributed by atoms with van der Waals surface area (Å²) in [6.45, 7) is 0. The molecule has 8 heteroatoms. The summed E-state index contributed by atoms with van der Waals surface area (Å²) >= 11 is 13.3. The van der Waals surface area contributed by atoms with Gasteiger partial charge in [0, 0.05) is 15.6 Å². The van der Waals surface area contributed by atoms with Crippen LogP contribution in [0.1, 0.15) is 10.4 Å². The van der Waals surface area contributed by atoms with E-state index in [1.54, 1.807) is 48.5 Å². The molecule has 2 amide bonds. The summed E-state index contributed by atoms with van der Waals surface area (Å²) < 4.78 is 13.7. The zero-order valence-electron chi connectivity index (χ0n) is 14.9. The number of carbonyl (C=O) groups excluding carboxylic acids is 2. The Balaban J connectivity index is 1.54. The Bertz CT molecular complexity index is 1050. The monoisotopic (exact) mass is 448 g/mol. The molecule has 0 bridgehead atoms. The summed E-state index contributed by atoms with van der Waals surface area (Å²) in [7, 11) is 0. The van der Waals surface area contributed by atoms with Gasteiger partial charge < -0.3 is 10.6 Å². The predicted octanol–water partition coefficient (Wildman–Crippen LogP) is 6.12. The minimum atomic E-state index is -0.581. The molecule has 0 saturated heterocycles. The van der Waals surface area contributed by atoms with Crippen LogP contribution in [0.4, 0.5) is 15.8 Å². The molecule has 0 unspecified atom stereocenters. The van der Waals surface area contributed by atoms with Crippen molar-refractivity contribution in [1.29, 1.82) is 0 Å². The van der Waals surface area contributed by atoms with Gasteiger partial charge in [0.25, 0.3) is 5.91 Å². The van der Waals surface area contributed by atoms with Gasteiger partial charge in [0.1, 0.15) is 5.82 Å². The van der Waals surface area contributed by atoms with E-state index in [0.29, 0.717) is 21.4 Å². The summed E-state index contributed by atoms with van der Waals surface area (Å²) in [5.74, 6) is -1.16. The van der Waals surface area contributed by atoms with Gasteiger partial charge in [-0.1, -0.05) is 35.3 Å². The van der Waals surface area contributed by atoms with Crippen LogP contribution in [0.5, 0.6) is 0 Å². The van der Waals surface area contributed by atoms with Gasteiger partial charge >= 0.3 is 0 Å². The number of amides is 2. The van der Waals surface area contributed by atoms with E-state index in [1.807, 2.05) is 0 Å². The second-order valence-corrected chi connectivity index (χ2v) is 7.81. The lowest BCUT2D eigenvalue weighted by atomic mass is 10.2. The number of nitrogens with one attached hydrogen (secondary N) is 2. The molecule has 0 saturated carbocycles. The van der Waals surface area contributed by atoms with Gasteiger partial charge in [-0.15, -0.1) is 11.8 Å². The molecule has 3 aromatic rings. The maximum absolute atomic E-state index is 13.7. The Morgan fingerprint density at radius 3 is 2.38 bits per heavy atom. The molecule has 3 rings (SSSR count). The highest BCUT2D eigenvalue weighted by atomic mass is 35.5. The molecule has 29 heavy (non-hydrogen) atoms. The van der Waals surface area contributed by atoms with Crippen molar-refractivity contribution in [3.8, 4) is 0 Å². The Labute approximate surface area is 181 Å². The number of carbonyl (C=O) groups is 2. The fourth-order valence-electron chi connectivity index (χ4n) is 2.41. The summed E-state index contributed by atoms with van der Waals surface area (Å²) in [4.78, 5) is 25.1. The quantitative estimate of drug-likeness (QED) is 0.446. The number of hydrogen-bond donors (Lipinski definition) is 2. The third kappa shape index (κ3) is 5.97. The van der Waals surface area contributed by atoms with E-state index in [1.165, 1.54) is 30.0 Å². The summed E-state index contributed by atoms with van der Waals surface area (Å²) in [6, 6.07) is 17.5. The molecule has 4 nitrogen and oxygen atoms in total. The van der Waals surface area contributed by atoms with Crippen molar-refractivity contribution in [2.75, 3.05) is 16.4 Å². The average molecular weight is 449 g/mol.